The van der Waals surface area contributed by atoms with Gasteiger partial charge in [-0.1, -0.05) is 60.7 Å². The van der Waals surface area contributed by atoms with Crippen LogP contribution in [0.3, 0.4) is 0 Å². The van der Waals surface area contributed by atoms with Crippen LogP contribution in [0, 0.1) is 34.5 Å². The normalized spacial score (nSPS) is 41.6. The van der Waals surface area contributed by atoms with Crippen LogP contribution in [0.5, 0.6) is 0 Å². The van der Waals surface area contributed by atoms with Gasteiger partial charge in [0.15, 0.2) is 0 Å². The second-order valence-corrected chi connectivity index (χ2v) is 13.0. The van der Waals surface area contributed by atoms with E-state index in [0.717, 1.165) is 37.4 Å². The third kappa shape index (κ3) is 2.69. The molecule has 3 nitrogen and oxygen atoms in total. The molecule has 8 rings (SSSR count). The van der Waals surface area contributed by atoms with E-state index in [4.69, 9.17) is 0 Å². The lowest BCUT2D eigenvalue weighted by molar-refractivity contribution is -0.415. The minimum Gasteiger partial charge on any atom is -0.341 e. The highest BCUT2D eigenvalue weighted by Gasteiger charge is 2.90. The molecule has 2 heterocycles. The van der Waals surface area contributed by atoms with Crippen molar-refractivity contribution in [1.82, 2.24) is 9.80 Å². The van der Waals surface area contributed by atoms with Gasteiger partial charge in [0, 0.05) is 25.6 Å². The molecule has 6 fully saturated rings. The molecule has 1 spiro atoms. The highest BCUT2D eigenvalue weighted by Crippen LogP contribution is 2.93. The van der Waals surface area contributed by atoms with E-state index in [1.54, 1.807) is 0 Å². The van der Waals surface area contributed by atoms with Crippen LogP contribution in [0.2, 0.25) is 0 Å². The Hall–Kier alpha value is -2.13. The summed E-state index contributed by atoms with van der Waals surface area (Å²) in [4.78, 5) is 19.1. The number of rotatable bonds is 5. The molecule has 0 bridgehead atoms. The van der Waals surface area contributed by atoms with Crippen molar-refractivity contribution in [3.8, 4) is 0 Å². The molecule has 4 atom stereocenters. The largest absolute Gasteiger partial charge is 0.341 e. The van der Waals surface area contributed by atoms with Gasteiger partial charge in [-0.3, -0.25) is 4.79 Å². The first-order chi connectivity index (χ1) is 17.2. The lowest BCUT2D eigenvalue weighted by Crippen LogP contribution is -2.88. The number of benzene rings is 2. The maximum atomic E-state index is 14.1. The number of amides is 1. The predicted octanol–water partition coefficient (Wildman–Crippen LogP) is 5.54. The van der Waals surface area contributed by atoms with Crippen molar-refractivity contribution in [2.45, 2.75) is 50.4 Å². The third-order valence-electron chi connectivity index (χ3n) is 11.9. The fraction of sp³-hybridized carbons (Fsp3) is 0.594. The summed E-state index contributed by atoms with van der Waals surface area (Å²) in [6.07, 6.45) is 7.79. The zero-order chi connectivity index (χ0) is 23.2. The van der Waals surface area contributed by atoms with E-state index in [1.807, 2.05) is 0 Å². The molecule has 4 saturated carbocycles. The van der Waals surface area contributed by atoms with Crippen molar-refractivity contribution in [3.05, 3.63) is 71.8 Å². The molecule has 35 heavy (non-hydrogen) atoms. The Morgan fingerprint density at radius 2 is 1.43 bits per heavy atom. The van der Waals surface area contributed by atoms with Gasteiger partial charge < -0.3 is 9.80 Å². The second kappa shape index (κ2) is 7.44. The van der Waals surface area contributed by atoms with Gasteiger partial charge in [0.25, 0.3) is 0 Å². The Morgan fingerprint density at radius 1 is 0.800 bits per heavy atom. The minimum atomic E-state index is 0.0632. The molecule has 3 heteroatoms. The van der Waals surface area contributed by atoms with E-state index in [2.05, 4.69) is 70.5 Å². The standard InChI is InChI=1S/C32H38N2O/c35-30(31-17-27-15-26-16-28(18-31)32(26,27)31)34-20-25(29(21-34)24-9-5-2-6-10-24)19-33-13-11-23(12-14-33)22-7-3-1-4-8-22/h1-10,23,25-29H,11-21H2/t25-,26?,27?,28?,29+,31?,32?/m0/s1. The molecule has 6 aliphatic rings. The van der Waals surface area contributed by atoms with E-state index in [9.17, 15) is 4.79 Å². The maximum absolute atomic E-state index is 14.1. The van der Waals surface area contributed by atoms with Gasteiger partial charge in [-0.05, 0) is 97.7 Å². The van der Waals surface area contributed by atoms with Gasteiger partial charge in [0.2, 0.25) is 5.91 Å². The van der Waals surface area contributed by atoms with Gasteiger partial charge >= 0.3 is 0 Å². The number of hydrogen-bond acceptors (Lipinski definition) is 2. The van der Waals surface area contributed by atoms with Crippen LogP contribution in [-0.4, -0.2) is 48.4 Å². The summed E-state index contributed by atoms with van der Waals surface area (Å²) in [5.41, 5.74) is 3.50. The molecule has 2 aromatic rings. The van der Waals surface area contributed by atoms with Gasteiger partial charge in [-0.2, -0.15) is 0 Å². The molecule has 2 aliphatic heterocycles. The molecule has 2 unspecified atom stereocenters. The summed E-state index contributed by atoms with van der Waals surface area (Å²) in [7, 11) is 0. The Bertz CT molecular complexity index is 1100. The predicted molar refractivity (Wildman–Crippen MR) is 138 cm³/mol. The minimum absolute atomic E-state index is 0.0632. The first-order valence-corrected chi connectivity index (χ1v) is 14.3. The van der Waals surface area contributed by atoms with Crippen molar-refractivity contribution in [3.63, 3.8) is 0 Å². The highest BCUT2D eigenvalue weighted by molar-refractivity contribution is 5.88. The summed E-state index contributed by atoms with van der Waals surface area (Å²) in [6, 6.07) is 22.2. The van der Waals surface area contributed by atoms with Gasteiger partial charge in [-0.25, -0.2) is 0 Å². The second-order valence-electron chi connectivity index (χ2n) is 13.0. The molecular formula is C32H38N2O. The van der Waals surface area contributed by atoms with E-state index in [1.165, 1.54) is 62.7 Å². The SMILES string of the molecule is O=C(N1C[C@H](CN2CCC(c3ccccc3)CC2)[C@@H](c2ccccc2)C1)C12CC3CC4CC(C1)C432. The molecule has 182 valence electrons. The number of nitrogens with zero attached hydrogens (tertiary/aromatic N) is 2. The molecule has 2 saturated heterocycles. The van der Waals surface area contributed by atoms with Crippen LogP contribution < -0.4 is 0 Å². The fourth-order valence-electron chi connectivity index (χ4n) is 10.4. The molecule has 1 amide bonds. The van der Waals surface area contributed by atoms with E-state index >= 15 is 0 Å². The van der Waals surface area contributed by atoms with Gasteiger partial charge in [0.1, 0.15) is 0 Å². The van der Waals surface area contributed by atoms with Crippen LogP contribution in [0.15, 0.2) is 60.7 Å². The molecule has 0 radical (unpaired) electrons. The quantitative estimate of drug-likeness (QED) is 0.577. The third-order valence-corrected chi connectivity index (χ3v) is 11.9. The van der Waals surface area contributed by atoms with Crippen LogP contribution in [-0.2, 0) is 4.79 Å². The Kier molecular flexibility index (Phi) is 4.47. The Morgan fingerprint density at radius 3 is 2.03 bits per heavy atom. The average Bonchev–Trinajstić information content (AvgIpc) is 3.27. The molecule has 0 aromatic heterocycles. The van der Waals surface area contributed by atoms with Gasteiger partial charge in [-0.15, -0.1) is 0 Å². The highest BCUT2D eigenvalue weighted by atomic mass is 16.2. The summed E-state index contributed by atoms with van der Waals surface area (Å²) in [5.74, 6) is 4.99. The van der Waals surface area contributed by atoms with Crippen molar-refractivity contribution in [1.29, 1.82) is 0 Å². The summed E-state index contributed by atoms with van der Waals surface area (Å²) >= 11 is 0. The van der Waals surface area contributed by atoms with E-state index in [0.29, 0.717) is 29.1 Å². The molecule has 4 aliphatic carbocycles. The number of carbonyl (C=O) groups excluding carboxylic acids is 1. The molecule has 2 aromatic carbocycles. The van der Waals surface area contributed by atoms with Crippen molar-refractivity contribution in [2.75, 3.05) is 32.7 Å². The van der Waals surface area contributed by atoms with Crippen molar-refractivity contribution < 1.29 is 4.79 Å². The first-order valence-electron chi connectivity index (χ1n) is 14.3. The summed E-state index contributed by atoms with van der Waals surface area (Å²) < 4.78 is 0. The van der Waals surface area contributed by atoms with Crippen LogP contribution >= 0.6 is 0 Å². The van der Waals surface area contributed by atoms with Crippen molar-refractivity contribution >= 4 is 5.91 Å². The fourth-order valence-corrected chi connectivity index (χ4v) is 10.4. The Labute approximate surface area is 209 Å². The lowest BCUT2D eigenvalue weighted by atomic mass is 9.13. The zero-order valence-corrected chi connectivity index (χ0v) is 20.8. The number of piperidine rings is 1. The summed E-state index contributed by atoms with van der Waals surface area (Å²) in [6.45, 7) is 5.41. The number of hydrogen-bond donors (Lipinski definition) is 0. The van der Waals surface area contributed by atoms with Crippen LogP contribution in [0.1, 0.15) is 61.5 Å². The van der Waals surface area contributed by atoms with Crippen LogP contribution in [0.4, 0.5) is 0 Å². The Balaban J connectivity index is 0.982. The van der Waals surface area contributed by atoms with E-state index < -0.39 is 0 Å². The monoisotopic (exact) mass is 466 g/mol. The summed E-state index contributed by atoms with van der Waals surface area (Å²) in [5, 5.41) is 0. The number of likely N-dealkylation sites (tertiary alicyclic amines) is 2. The molecule has 0 N–H and O–H groups in total. The topological polar surface area (TPSA) is 23.6 Å². The van der Waals surface area contributed by atoms with E-state index in [-0.39, 0.29) is 5.41 Å². The molecular weight excluding hydrogens is 428 g/mol. The van der Waals surface area contributed by atoms with Crippen molar-refractivity contribution in [2.24, 2.45) is 34.5 Å². The smallest absolute Gasteiger partial charge is 0.229 e. The van der Waals surface area contributed by atoms with Crippen LogP contribution in [0.25, 0.3) is 0 Å². The maximum Gasteiger partial charge on any atom is 0.229 e. The first kappa shape index (κ1) is 21.0. The average molecular weight is 467 g/mol. The van der Waals surface area contributed by atoms with Gasteiger partial charge in [0.05, 0.1) is 5.41 Å². The number of carbonyl (C=O) groups is 1. The zero-order valence-electron chi connectivity index (χ0n) is 20.8. The lowest BCUT2D eigenvalue weighted by Gasteiger charge is -2.90.